The molecule has 5 aliphatic rings. The molecule has 3 saturated carbocycles. The molecule has 1 aromatic heterocycles. The van der Waals surface area contributed by atoms with E-state index in [1.165, 1.54) is 0 Å². The van der Waals surface area contributed by atoms with Crippen LogP contribution in [0.5, 0.6) is 0 Å². The van der Waals surface area contributed by atoms with Crippen LogP contribution in [0, 0.1) is 28.6 Å². The fourth-order valence-electron chi connectivity index (χ4n) is 9.36. The Kier molecular flexibility index (Phi) is 10.0. The van der Waals surface area contributed by atoms with Crippen LogP contribution in [0.3, 0.4) is 0 Å². The minimum absolute atomic E-state index is 0.0658. The predicted molar refractivity (Wildman–Crippen MR) is 198 cm³/mol. The number of furan rings is 1. The second-order valence-corrected chi connectivity index (χ2v) is 15.9. The van der Waals surface area contributed by atoms with E-state index in [1.54, 1.807) is 17.2 Å². The molecule has 3 aromatic rings. The summed E-state index contributed by atoms with van der Waals surface area (Å²) in [7, 11) is -0.665. The predicted octanol–water partition coefficient (Wildman–Crippen LogP) is 6.90. The third-order valence-corrected chi connectivity index (χ3v) is 12.7. The Hall–Kier alpha value is -4.11. The van der Waals surface area contributed by atoms with Crippen molar-refractivity contribution in [1.82, 2.24) is 10.2 Å². The van der Waals surface area contributed by atoms with Crippen molar-refractivity contribution in [3.63, 3.8) is 0 Å². The molecule has 10 nitrogen and oxygen atoms in total. The van der Waals surface area contributed by atoms with Gasteiger partial charge in [0.25, 0.3) is 5.91 Å². The van der Waals surface area contributed by atoms with Crippen LogP contribution >= 0.6 is 0 Å². The van der Waals surface area contributed by atoms with Gasteiger partial charge in [-0.25, -0.2) is 4.79 Å². The van der Waals surface area contributed by atoms with Crippen LogP contribution in [0.4, 0.5) is 4.79 Å². The molecule has 8 rings (SSSR count). The van der Waals surface area contributed by atoms with E-state index in [0.29, 0.717) is 44.4 Å². The molecule has 2 saturated heterocycles. The van der Waals surface area contributed by atoms with Gasteiger partial charge in [-0.3, -0.25) is 4.79 Å². The third-order valence-electron chi connectivity index (χ3n) is 12.7. The van der Waals surface area contributed by atoms with E-state index >= 15 is 0 Å². The van der Waals surface area contributed by atoms with Crippen molar-refractivity contribution in [2.45, 2.75) is 96.3 Å². The largest absolute Gasteiger partial charge is 0.482 e. The topological polar surface area (TPSA) is 123 Å². The van der Waals surface area contributed by atoms with Crippen molar-refractivity contribution in [2.24, 2.45) is 17.3 Å². The molecule has 2 bridgehead atoms. The van der Waals surface area contributed by atoms with Gasteiger partial charge < -0.3 is 33.4 Å². The maximum Gasteiger partial charge on any atom is 0.482 e. The molecule has 5 atom stereocenters. The van der Waals surface area contributed by atoms with E-state index in [-0.39, 0.29) is 29.5 Å². The number of amides is 2. The summed E-state index contributed by atoms with van der Waals surface area (Å²) in [6.45, 7) is 12.8. The average molecular weight is 708 g/mol. The minimum Gasteiger partial charge on any atom is -0.464 e. The highest BCUT2D eigenvalue weighted by molar-refractivity contribution is 6.48. The summed E-state index contributed by atoms with van der Waals surface area (Å²) in [5.74, 6) is 0.156. The van der Waals surface area contributed by atoms with Gasteiger partial charge in [0, 0.05) is 37.6 Å². The molecule has 2 aliphatic heterocycles. The molecule has 2 aromatic carbocycles. The summed E-state index contributed by atoms with van der Waals surface area (Å²) >= 11 is 0. The van der Waals surface area contributed by atoms with Gasteiger partial charge in [0.15, 0.2) is 0 Å². The van der Waals surface area contributed by atoms with Crippen molar-refractivity contribution in [3.8, 4) is 6.07 Å². The highest BCUT2D eigenvalue weighted by Crippen LogP contribution is 2.69. The number of para-hydroxylation sites is 1. The standard InChI is InChI=1S/C41H50BN3O7/c1-6-45(32-15-17-48-18-16-32)37(46)29(25-43)21-28-11-9-10-27(20-28)14-19-49-38(47)44-36(22-30-26-50-34-13-8-7-12-33(30)34)42-51-40(4)24-31-23-35(39(31,2)3)41(40,5)52-42/h7-13,20-21,26,31-32,35-36H,6,14-19,22-24H2,1-5H3,(H,44,47)/t31-,35-,36-,40+,41-/m0/s1. The number of carbonyl (C=O) groups is 2. The first kappa shape index (κ1) is 36.3. The van der Waals surface area contributed by atoms with E-state index < -0.39 is 30.4 Å². The van der Waals surface area contributed by atoms with Crippen molar-refractivity contribution < 1.29 is 32.8 Å². The number of ether oxygens (including phenoxy) is 2. The second kappa shape index (κ2) is 14.4. The number of alkyl carbamates (subject to hydrolysis) is 1. The van der Waals surface area contributed by atoms with Crippen LogP contribution in [-0.4, -0.2) is 73.6 Å². The monoisotopic (exact) mass is 707 g/mol. The smallest absolute Gasteiger partial charge is 0.464 e. The molecule has 5 fully saturated rings. The molecular weight excluding hydrogens is 657 g/mol. The fourth-order valence-corrected chi connectivity index (χ4v) is 9.36. The number of nitriles is 1. The molecule has 11 heteroatoms. The number of hydrogen-bond acceptors (Lipinski definition) is 8. The lowest BCUT2D eigenvalue weighted by Gasteiger charge is -2.67. The SMILES string of the molecule is CCN(C(=O)C(C#N)=Cc1cccc(CCOC(=O)N[C@@H](Cc2coc3ccccc23)B2O[C@]3(C)C[C@@H]4C[C@@H](C4(C)C)[C@]3(C)O2)c1)C1CCOCC1. The van der Waals surface area contributed by atoms with Crippen LogP contribution in [0.15, 0.2) is 64.8 Å². The molecule has 274 valence electrons. The molecule has 0 spiro atoms. The zero-order valence-corrected chi connectivity index (χ0v) is 31.0. The summed E-state index contributed by atoms with van der Waals surface area (Å²) in [4.78, 5) is 28.6. The molecule has 3 aliphatic carbocycles. The molecule has 1 N–H and O–H groups in total. The van der Waals surface area contributed by atoms with Crippen molar-refractivity contribution >= 4 is 36.2 Å². The highest BCUT2D eigenvalue weighted by atomic mass is 16.7. The van der Waals surface area contributed by atoms with E-state index in [1.807, 2.05) is 55.5 Å². The van der Waals surface area contributed by atoms with Gasteiger partial charge in [0.1, 0.15) is 17.2 Å². The van der Waals surface area contributed by atoms with Gasteiger partial charge in [-0.2, -0.15) is 5.26 Å². The Bertz CT molecular complexity index is 1880. The van der Waals surface area contributed by atoms with E-state index in [9.17, 15) is 14.9 Å². The van der Waals surface area contributed by atoms with Crippen LogP contribution in [0.25, 0.3) is 17.0 Å². The molecule has 52 heavy (non-hydrogen) atoms. The van der Waals surface area contributed by atoms with Crippen molar-refractivity contribution in [1.29, 1.82) is 5.26 Å². The van der Waals surface area contributed by atoms with Crippen LogP contribution < -0.4 is 5.32 Å². The quantitative estimate of drug-likeness (QED) is 0.130. The Labute approximate surface area is 306 Å². The number of likely N-dealkylation sites (N-methyl/N-ethyl adjacent to an activating group) is 1. The van der Waals surface area contributed by atoms with Crippen molar-refractivity contribution in [3.05, 3.63) is 77.1 Å². The number of benzene rings is 2. The molecule has 3 heterocycles. The molecular formula is C41H50BN3O7. The summed E-state index contributed by atoms with van der Waals surface area (Å²) < 4.78 is 30.7. The molecule has 0 unspecified atom stereocenters. The first-order valence-electron chi connectivity index (χ1n) is 18.8. The van der Waals surface area contributed by atoms with Gasteiger partial charge in [-0.1, -0.05) is 56.3 Å². The van der Waals surface area contributed by atoms with Crippen LogP contribution in [-0.2, 0) is 36.4 Å². The summed E-state index contributed by atoms with van der Waals surface area (Å²) in [5.41, 5.74) is 2.73. The molecule has 2 amide bonds. The lowest BCUT2D eigenvalue weighted by atomic mass is 9.41. The number of carbonyl (C=O) groups excluding carboxylic acids is 2. The Morgan fingerprint density at radius 1 is 1.12 bits per heavy atom. The Morgan fingerprint density at radius 3 is 2.65 bits per heavy atom. The van der Waals surface area contributed by atoms with Crippen LogP contribution in [0.2, 0.25) is 0 Å². The summed E-state index contributed by atoms with van der Waals surface area (Å²) in [6, 6.07) is 17.6. The van der Waals surface area contributed by atoms with E-state index in [2.05, 4.69) is 39.1 Å². The number of nitrogens with zero attached hydrogens (tertiary/aromatic N) is 2. The first-order valence-corrected chi connectivity index (χ1v) is 18.8. The van der Waals surface area contributed by atoms with Crippen molar-refractivity contribution in [2.75, 3.05) is 26.4 Å². The Morgan fingerprint density at radius 2 is 1.90 bits per heavy atom. The fraction of sp³-hybridized carbons (Fsp3) is 0.537. The summed E-state index contributed by atoms with van der Waals surface area (Å²) in [5, 5.41) is 14.0. The minimum atomic E-state index is -0.665. The van der Waals surface area contributed by atoms with Gasteiger partial charge in [0.05, 0.1) is 30.0 Å². The normalized spacial score (nSPS) is 27.3. The van der Waals surface area contributed by atoms with Crippen LogP contribution in [0.1, 0.15) is 77.0 Å². The van der Waals surface area contributed by atoms with Gasteiger partial charge >= 0.3 is 13.2 Å². The molecule has 0 radical (unpaired) electrons. The zero-order valence-electron chi connectivity index (χ0n) is 31.0. The maximum absolute atomic E-state index is 13.4. The maximum atomic E-state index is 13.4. The van der Waals surface area contributed by atoms with E-state index in [4.69, 9.17) is 23.2 Å². The zero-order chi connectivity index (χ0) is 36.7. The number of rotatable bonds is 11. The third kappa shape index (κ3) is 6.66. The summed E-state index contributed by atoms with van der Waals surface area (Å²) in [6.07, 6.45) is 7.29. The average Bonchev–Trinajstić information content (AvgIpc) is 3.68. The first-order chi connectivity index (χ1) is 25.0. The number of fused-ring (bicyclic) bond motifs is 1. The van der Waals surface area contributed by atoms with Gasteiger partial charge in [-0.15, -0.1) is 0 Å². The highest BCUT2D eigenvalue weighted by Gasteiger charge is 2.73. The van der Waals surface area contributed by atoms with Gasteiger partial charge in [0.2, 0.25) is 0 Å². The lowest BCUT2D eigenvalue weighted by Crippen LogP contribution is -2.70. The van der Waals surface area contributed by atoms with E-state index in [0.717, 1.165) is 53.3 Å². The number of hydrogen-bond donors (Lipinski definition) is 1. The lowest BCUT2D eigenvalue weighted by molar-refractivity contribution is -0.235. The Balaban J connectivity index is 1.01. The second-order valence-electron chi connectivity index (χ2n) is 15.9. The number of nitrogens with one attached hydrogen (secondary N) is 1. The van der Waals surface area contributed by atoms with Gasteiger partial charge in [-0.05, 0) is 99.0 Å².